The Balaban J connectivity index is 1.76. The molecule has 132 valence electrons. The van der Waals surface area contributed by atoms with Crippen molar-refractivity contribution in [1.82, 2.24) is 9.97 Å². The van der Waals surface area contributed by atoms with Crippen molar-refractivity contribution in [2.45, 2.75) is 19.8 Å². The van der Waals surface area contributed by atoms with E-state index in [4.69, 9.17) is 0 Å². The highest BCUT2D eigenvalue weighted by Crippen LogP contribution is 2.22. The average Bonchev–Trinajstić information content (AvgIpc) is 2.64. The number of hydrogen-bond donors (Lipinski definition) is 2. The number of anilines is 1. The van der Waals surface area contributed by atoms with E-state index in [2.05, 4.69) is 15.3 Å². The monoisotopic (exact) mass is 351 g/mol. The Hall–Kier alpha value is -3.28. The van der Waals surface area contributed by atoms with Crippen LogP contribution < -0.4 is 5.32 Å². The van der Waals surface area contributed by atoms with E-state index in [-0.39, 0.29) is 23.9 Å². The van der Waals surface area contributed by atoms with Crippen LogP contribution in [0.15, 0.2) is 54.7 Å². The highest BCUT2D eigenvalue weighted by molar-refractivity contribution is 5.91. The average molecular weight is 351 g/mol. The van der Waals surface area contributed by atoms with Gasteiger partial charge < -0.3 is 10.4 Å². The molecule has 5 nitrogen and oxygen atoms in total. The van der Waals surface area contributed by atoms with Crippen LogP contribution in [0.25, 0.3) is 11.3 Å². The topological polar surface area (TPSA) is 75.1 Å². The van der Waals surface area contributed by atoms with Crippen LogP contribution in [-0.4, -0.2) is 21.0 Å². The molecule has 0 spiro atoms. The molecule has 26 heavy (non-hydrogen) atoms. The Morgan fingerprint density at radius 2 is 1.81 bits per heavy atom. The summed E-state index contributed by atoms with van der Waals surface area (Å²) in [6.45, 7) is 1.93. The predicted molar refractivity (Wildman–Crippen MR) is 97.2 cm³/mol. The fourth-order valence-corrected chi connectivity index (χ4v) is 2.51. The van der Waals surface area contributed by atoms with E-state index in [0.29, 0.717) is 23.6 Å². The lowest BCUT2D eigenvalue weighted by Gasteiger charge is -2.10. The van der Waals surface area contributed by atoms with Crippen LogP contribution in [0.2, 0.25) is 0 Å². The van der Waals surface area contributed by atoms with Crippen molar-refractivity contribution in [3.63, 3.8) is 0 Å². The van der Waals surface area contributed by atoms with Crippen LogP contribution in [0.5, 0.6) is 5.75 Å². The van der Waals surface area contributed by atoms with Crippen LogP contribution in [0.1, 0.15) is 18.2 Å². The third-order valence-corrected chi connectivity index (χ3v) is 3.88. The van der Waals surface area contributed by atoms with E-state index in [1.165, 1.54) is 12.1 Å². The van der Waals surface area contributed by atoms with E-state index in [1.54, 1.807) is 42.6 Å². The lowest BCUT2D eigenvalue weighted by Crippen LogP contribution is -2.17. The van der Waals surface area contributed by atoms with Crippen molar-refractivity contribution >= 4 is 11.7 Å². The molecular formula is C20H18FN3O2. The number of benzene rings is 2. The van der Waals surface area contributed by atoms with Gasteiger partial charge in [-0.3, -0.25) is 4.79 Å². The molecule has 0 bridgehead atoms. The normalized spacial score (nSPS) is 10.5. The molecule has 2 aromatic carbocycles. The van der Waals surface area contributed by atoms with Gasteiger partial charge in [0, 0.05) is 5.56 Å². The van der Waals surface area contributed by atoms with E-state index in [9.17, 15) is 14.3 Å². The number of phenolic OH excluding ortho intramolecular Hbond substituents is 1. The summed E-state index contributed by atoms with van der Waals surface area (Å²) in [7, 11) is 0. The molecule has 3 rings (SSSR count). The quantitative estimate of drug-likeness (QED) is 0.734. The number of hydrogen-bond acceptors (Lipinski definition) is 4. The number of halogens is 1. The molecule has 3 aromatic rings. The zero-order valence-corrected chi connectivity index (χ0v) is 14.2. The number of carbonyl (C=O) groups excluding carboxylic acids is 1. The molecule has 0 aliphatic rings. The standard InChI is InChI=1S/C20H18FN3O2/c1-2-17-20(24-19(26)11-13-3-7-15(21)8-4-13)22-12-18(23-17)14-5-9-16(25)10-6-14/h3-10,12,25H,2,11H2,1H3,(H,22,24,26). The molecular weight excluding hydrogens is 333 g/mol. The zero-order chi connectivity index (χ0) is 18.5. The van der Waals surface area contributed by atoms with Crippen LogP contribution in [0.3, 0.4) is 0 Å². The van der Waals surface area contributed by atoms with Gasteiger partial charge in [0.05, 0.1) is 24.0 Å². The lowest BCUT2D eigenvalue weighted by molar-refractivity contribution is -0.115. The predicted octanol–water partition coefficient (Wildman–Crippen LogP) is 3.73. The van der Waals surface area contributed by atoms with Gasteiger partial charge in [0.2, 0.25) is 5.91 Å². The van der Waals surface area contributed by atoms with Crippen LogP contribution >= 0.6 is 0 Å². The van der Waals surface area contributed by atoms with Crippen molar-refractivity contribution in [2.75, 3.05) is 5.32 Å². The maximum absolute atomic E-state index is 12.9. The number of carbonyl (C=O) groups is 1. The molecule has 0 saturated carbocycles. The number of nitrogens with zero attached hydrogens (tertiary/aromatic N) is 2. The first-order chi connectivity index (χ1) is 12.5. The second-order valence-electron chi connectivity index (χ2n) is 5.80. The van der Waals surface area contributed by atoms with Crippen molar-refractivity contribution in [3.05, 3.63) is 71.8 Å². The minimum atomic E-state index is -0.335. The zero-order valence-electron chi connectivity index (χ0n) is 14.2. The van der Waals surface area contributed by atoms with Gasteiger partial charge >= 0.3 is 0 Å². The van der Waals surface area contributed by atoms with E-state index in [1.807, 2.05) is 6.92 Å². The fourth-order valence-electron chi connectivity index (χ4n) is 2.51. The van der Waals surface area contributed by atoms with Gasteiger partial charge in [-0.15, -0.1) is 0 Å². The molecule has 6 heteroatoms. The second kappa shape index (κ2) is 7.74. The van der Waals surface area contributed by atoms with E-state index >= 15 is 0 Å². The maximum atomic E-state index is 12.9. The Morgan fingerprint density at radius 1 is 1.12 bits per heavy atom. The van der Waals surface area contributed by atoms with Crippen molar-refractivity contribution in [2.24, 2.45) is 0 Å². The number of aromatic hydroxyl groups is 1. The minimum Gasteiger partial charge on any atom is -0.508 e. The Kier molecular flexibility index (Phi) is 5.22. The van der Waals surface area contributed by atoms with Gasteiger partial charge in [-0.2, -0.15) is 0 Å². The molecule has 0 radical (unpaired) electrons. The number of amides is 1. The third-order valence-electron chi connectivity index (χ3n) is 3.88. The van der Waals surface area contributed by atoms with Crippen molar-refractivity contribution < 1.29 is 14.3 Å². The highest BCUT2D eigenvalue weighted by Gasteiger charge is 2.11. The molecule has 0 atom stereocenters. The fraction of sp³-hybridized carbons (Fsp3) is 0.150. The molecule has 0 aliphatic heterocycles. The molecule has 1 heterocycles. The van der Waals surface area contributed by atoms with Gasteiger partial charge in [-0.25, -0.2) is 14.4 Å². The summed E-state index contributed by atoms with van der Waals surface area (Å²) < 4.78 is 12.9. The van der Waals surface area contributed by atoms with Gasteiger partial charge in [0.25, 0.3) is 0 Å². The molecule has 0 saturated heterocycles. The highest BCUT2D eigenvalue weighted by atomic mass is 19.1. The molecule has 0 aliphatic carbocycles. The third kappa shape index (κ3) is 4.22. The number of phenols is 1. The largest absolute Gasteiger partial charge is 0.508 e. The molecule has 1 aromatic heterocycles. The number of rotatable bonds is 5. The molecule has 1 amide bonds. The smallest absolute Gasteiger partial charge is 0.229 e. The number of aryl methyl sites for hydroxylation is 1. The Bertz CT molecular complexity index is 909. The van der Waals surface area contributed by atoms with E-state index in [0.717, 1.165) is 11.1 Å². The molecule has 0 fully saturated rings. The minimum absolute atomic E-state index is 0.130. The van der Waals surface area contributed by atoms with Crippen LogP contribution in [0, 0.1) is 5.82 Å². The van der Waals surface area contributed by atoms with Crippen LogP contribution in [-0.2, 0) is 17.6 Å². The summed E-state index contributed by atoms with van der Waals surface area (Å²) in [5, 5.41) is 12.1. The maximum Gasteiger partial charge on any atom is 0.229 e. The Labute approximate surface area is 150 Å². The first-order valence-electron chi connectivity index (χ1n) is 8.24. The number of aromatic nitrogens is 2. The summed E-state index contributed by atoms with van der Waals surface area (Å²) in [6.07, 6.45) is 2.31. The van der Waals surface area contributed by atoms with Crippen LogP contribution in [0.4, 0.5) is 10.2 Å². The molecule has 2 N–H and O–H groups in total. The summed E-state index contributed by atoms with van der Waals surface area (Å²) in [5.41, 5.74) is 2.88. The van der Waals surface area contributed by atoms with Gasteiger partial charge in [0.15, 0.2) is 5.82 Å². The number of nitrogens with one attached hydrogen (secondary N) is 1. The summed E-state index contributed by atoms with van der Waals surface area (Å²) >= 11 is 0. The van der Waals surface area contributed by atoms with Crippen molar-refractivity contribution in [1.29, 1.82) is 0 Å². The van der Waals surface area contributed by atoms with E-state index < -0.39 is 0 Å². The van der Waals surface area contributed by atoms with Gasteiger partial charge in [-0.1, -0.05) is 19.1 Å². The first kappa shape index (κ1) is 17.5. The lowest BCUT2D eigenvalue weighted by atomic mass is 10.1. The van der Waals surface area contributed by atoms with Gasteiger partial charge in [0.1, 0.15) is 11.6 Å². The first-order valence-corrected chi connectivity index (χ1v) is 8.24. The summed E-state index contributed by atoms with van der Waals surface area (Å²) in [6, 6.07) is 12.5. The Morgan fingerprint density at radius 3 is 2.46 bits per heavy atom. The molecule has 0 unspecified atom stereocenters. The SMILES string of the molecule is CCc1nc(-c2ccc(O)cc2)cnc1NC(=O)Cc1ccc(F)cc1. The summed E-state index contributed by atoms with van der Waals surface area (Å²) in [5.74, 6) is 0.0281. The van der Waals surface area contributed by atoms with Gasteiger partial charge in [-0.05, 0) is 48.4 Å². The second-order valence-corrected chi connectivity index (χ2v) is 5.80. The summed E-state index contributed by atoms with van der Waals surface area (Å²) in [4.78, 5) is 21.1. The van der Waals surface area contributed by atoms with Crippen molar-refractivity contribution in [3.8, 4) is 17.0 Å².